The minimum Gasteiger partial charge on any atom is -0.333 e. The Morgan fingerprint density at radius 2 is 1.66 bits per heavy atom. The Morgan fingerprint density at radius 1 is 1.03 bits per heavy atom. The fraction of sp³-hybridized carbons (Fsp3) is 0.545. The van der Waals surface area contributed by atoms with Crippen molar-refractivity contribution in [2.75, 3.05) is 5.32 Å². The van der Waals surface area contributed by atoms with E-state index in [9.17, 15) is 9.59 Å². The maximum absolute atomic E-state index is 13.2. The van der Waals surface area contributed by atoms with Crippen LogP contribution >= 0.6 is 0 Å². The predicted octanol–water partition coefficient (Wildman–Crippen LogP) is 3.54. The Kier molecular flexibility index (Phi) is 4.92. The number of nitrogens with zero attached hydrogens (tertiary/aromatic N) is 4. The lowest BCUT2D eigenvalue weighted by molar-refractivity contribution is -0.114. The van der Waals surface area contributed by atoms with Crippen molar-refractivity contribution in [1.82, 2.24) is 19.9 Å². The van der Waals surface area contributed by atoms with Crippen molar-refractivity contribution in [1.29, 1.82) is 0 Å². The van der Waals surface area contributed by atoms with Gasteiger partial charge in [0, 0.05) is 41.9 Å². The molecule has 2 amide bonds. The highest BCUT2D eigenvalue weighted by Gasteiger charge is 2.44. The van der Waals surface area contributed by atoms with E-state index in [1.165, 1.54) is 6.92 Å². The molecule has 2 unspecified atom stereocenters. The number of carbonyl (C=O) groups excluding carboxylic acids is 2. The van der Waals surface area contributed by atoms with E-state index in [-0.39, 0.29) is 29.3 Å². The van der Waals surface area contributed by atoms with Gasteiger partial charge in [-0.1, -0.05) is 26.0 Å². The maximum atomic E-state index is 13.2. The predicted molar refractivity (Wildman–Crippen MR) is 111 cm³/mol. The quantitative estimate of drug-likeness (QED) is 0.862. The zero-order valence-electron chi connectivity index (χ0n) is 17.6. The van der Waals surface area contributed by atoms with Gasteiger partial charge < -0.3 is 10.2 Å². The molecule has 1 aromatic carbocycles. The van der Waals surface area contributed by atoms with Crippen LogP contribution in [0.1, 0.15) is 75.5 Å². The van der Waals surface area contributed by atoms with Crippen molar-refractivity contribution in [2.45, 2.75) is 76.9 Å². The Hall–Kier alpha value is -2.70. The summed E-state index contributed by atoms with van der Waals surface area (Å²) in [5.74, 6) is -0.0359. The van der Waals surface area contributed by atoms with Crippen LogP contribution in [0.25, 0.3) is 0 Å². The summed E-state index contributed by atoms with van der Waals surface area (Å²) in [4.78, 5) is 26.4. The van der Waals surface area contributed by atoms with E-state index in [2.05, 4.69) is 47.5 Å². The molecule has 4 rings (SSSR count). The molecule has 1 N–H and O–H groups in total. The number of anilines is 1. The minimum atomic E-state index is -0.119. The molecule has 0 spiro atoms. The Labute approximate surface area is 171 Å². The molecule has 2 aliphatic rings. The summed E-state index contributed by atoms with van der Waals surface area (Å²) in [6.07, 6.45) is 5.98. The third-order valence-corrected chi connectivity index (χ3v) is 6.05. The van der Waals surface area contributed by atoms with E-state index in [1.807, 2.05) is 4.68 Å². The topological polar surface area (TPSA) is 80.1 Å². The van der Waals surface area contributed by atoms with Gasteiger partial charge in [0.25, 0.3) is 5.91 Å². The van der Waals surface area contributed by atoms with Gasteiger partial charge in [-0.15, -0.1) is 5.10 Å². The van der Waals surface area contributed by atoms with E-state index < -0.39 is 0 Å². The van der Waals surface area contributed by atoms with Crippen LogP contribution in [0.4, 0.5) is 5.69 Å². The minimum absolute atomic E-state index is 0.0166. The highest BCUT2D eigenvalue weighted by Crippen LogP contribution is 2.41. The van der Waals surface area contributed by atoms with Crippen molar-refractivity contribution < 1.29 is 9.59 Å². The second-order valence-electron chi connectivity index (χ2n) is 9.31. The van der Waals surface area contributed by atoms with Crippen LogP contribution < -0.4 is 5.32 Å². The molecule has 2 aliphatic heterocycles. The van der Waals surface area contributed by atoms with Gasteiger partial charge in [-0.25, -0.2) is 4.68 Å². The van der Waals surface area contributed by atoms with Crippen molar-refractivity contribution in [3.63, 3.8) is 0 Å². The summed E-state index contributed by atoms with van der Waals surface area (Å²) < 4.78 is 2.01. The van der Waals surface area contributed by atoms with Crippen molar-refractivity contribution in [3.05, 3.63) is 41.7 Å². The molecule has 2 aromatic rings. The largest absolute Gasteiger partial charge is 0.333 e. The molecule has 3 heterocycles. The Morgan fingerprint density at radius 3 is 2.17 bits per heavy atom. The average molecular weight is 396 g/mol. The van der Waals surface area contributed by atoms with Crippen LogP contribution in [0.2, 0.25) is 0 Å². The molecule has 1 aromatic heterocycles. The number of fused-ring (bicyclic) bond motifs is 2. The van der Waals surface area contributed by atoms with Crippen LogP contribution in [0, 0.1) is 0 Å². The third kappa shape index (κ3) is 3.91. The average Bonchev–Trinajstić information content (AvgIpc) is 3.24. The summed E-state index contributed by atoms with van der Waals surface area (Å²) in [7, 11) is 0. The first-order valence-corrected chi connectivity index (χ1v) is 10.3. The van der Waals surface area contributed by atoms with Gasteiger partial charge >= 0.3 is 0 Å². The molecule has 0 aliphatic carbocycles. The van der Waals surface area contributed by atoms with Gasteiger partial charge in [-0.05, 0) is 49.9 Å². The standard InChI is InChI=1S/C22H29N5O2/c1-14(28)23-16-7-5-15(6-8-16)21(29)27-17-9-10-18(27)12-19(11-17)26-13-20(24-25-26)22(2,3)4/h5-8,13,17-19H,9-12H2,1-4H3,(H,23,28). The second kappa shape index (κ2) is 7.28. The molecule has 2 saturated heterocycles. The van der Waals surface area contributed by atoms with Gasteiger partial charge in [0.05, 0.1) is 11.7 Å². The molecule has 29 heavy (non-hydrogen) atoms. The molecule has 0 saturated carbocycles. The number of carbonyl (C=O) groups is 2. The summed E-state index contributed by atoms with van der Waals surface area (Å²) in [5.41, 5.74) is 2.36. The number of hydrogen-bond acceptors (Lipinski definition) is 4. The van der Waals surface area contributed by atoms with Crippen LogP contribution in [0.15, 0.2) is 30.5 Å². The molecule has 154 valence electrons. The van der Waals surface area contributed by atoms with E-state index in [0.29, 0.717) is 17.3 Å². The molecular formula is C22H29N5O2. The van der Waals surface area contributed by atoms with E-state index in [0.717, 1.165) is 31.4 Å². The van der Waals surface area contributed by atoms with Crippen molar-refractivity contribution >= 4 is 17.5 Å². The fourth-order valence-corrected chi connectivity index (χ4v) is 4.54. The van der Waals surface area contributed by atoms with Crippen LogP contribution in [0.5, 0.6) is 0 Å². The molecule has 2 bridgehead atoms. The molecule has 7 nitrogen and oxygen atoms in total. The summed E-state index contributed by atoms with van der Waals surface area (Å²) in [5, 5.41) is 11.5. The Bertz CT molecular complexity index is 898. The molecule has 2 atom stereocenters. The highest BCUT2D eigenvalue weighted by atomic mass is 16.2. The zero-order valence-corrected chi connectivity index (χ0v) is 17.6. The number of rotatable bonds is 3. The van der Waals surface area contributed by atoms with Gasteiger partial charge in [-0.3, -0.25) is 9.59 Å². The van der Waals surface area contributed by atoms with Crippen molar-refractivity contribution in [3.8, 4) is 0 Å². The molecule has 0 radical (unpaired) electrons. The lowest BCUT2D eigenvalue weighted by Crippen LogP contribution is -2.47. The maximum Gasteiger partial charge on any atom is 0.254 e. The van der Waals surface area contributed by atoms with Gasteiger partial charge in [0.1, 0.15) is 0 Å². The number of piperidine rings is 1. The lowest BCUT2D eigenvalue weighted by atomic mass is 9.92. The number of aromatic nitrogens is 3. The summed E-state index contributed by atoms with van der Waals surface area (Å²) in [6, 6.07) is 7.94. The first kappa shape index (κ1) is 19.6. The first-order chi connectivity index (χ1) is 13.7. The monoisotopic (exact) mass is 395 g/mol. The van der Waals surface area contributed by atoms with Gasteiger partial charge in [0.2, 0.25) is 5.91 Å². The van der Waals surface area contributed by atoms with Crippen molar-refractivity contribution in [2.24, 2.45) is 0 Å². The first-order valence-electron chi connectivity index (χ1n) is 10.3. The summed E-state index contributed by atoms with van der Waals surface area (Å²) in [6.45, 7) is 7.90. The smallest absolute Gasteiger partial charge is 0.254 e. The third-order valence-electron chi connectivity index (χ3n) is 6.05. The Balaban J connectivity index is 1.47. The van der Waals surface area contributed by atoms with Gasteiger partial charge in [0.15, 0.2) is 0 Å². The summed E-state index contributed by atoms with van der Waals surface area (Å²) >= 11 is 0. The lowest BCUT2D eigenvalue weighted by Gasteiger charge is -2.39. The molecular weight excluding hydrogens is 366 g/mol. The van der Waals surface area contributed by atoms with Gasteiger partial charge in [-0.2, -0.15) is 0 Å². The number of benzene rings is 1. The molecule has 7 heteroatoms. The zero-order chi connectivity index (χ0) is 20.8. The van der Waals surface area contributed by atoms with Crippen LogP contribution in [0.3, 0.4) is 0 Å². The number of hydrogen-bond donors (Lipinski definition) is 1. The fourth-order valence-electron chi connectivity index (χ4n) is 4.54. The highest BCUT2D eigenvalue weighted by molar-refractivity contribution is 5.96. The number of nitrogens with one attached hydrogen (secondary N) is 1. The SMILES string of the molecule is CC(=O)Nc1ccc(C(=O)N2C3CCC2CC(n2cc(C(C)(C)C)nn2)C3)cc1. The van der Waals surface area contributed by atoms with Crippen LogP contribution in [-0.4, -0.2) is 43.8 Å². The second-order valence-corrected chi connectivity index (χ2v) is 9.31. The van der Waals surface area contributed by atoms with Crippen LogP contribution in [-0.2, 0) is 10.2 Å². The van der Waals surface area contributed by atoms with E-state index in [1.54, 1.807) is 24.3 Å². The molecule has 2 fully saturated rings. The van der Waals surface area contributed by atoms with E-state index in [4.69, 9.17) is 0 Å². The normalized spacial score (nSPS) is 23.9. The number of amides is 2. The van der Waals surface area contributed by atoms with E-state index >= 15 is 0 Å².